The lowest BCUT2D eigenvalue weighted by molar-refractivity contribution is 0.101. The number of aliphatic hydroxyl groups excluding tert-OH is 1. The van der Waals surface area contributed by atoms with Crippen LogP contribution < -0.4 is 5.73 Å². The minimum atomic E-state index is -0.392. The molecule has 0 aromatic carbocycles. The molecule has 3 N–H and O–H groups in total. The van der Waals surface area contributed by atoms with Crippen molar-refractivity contribution in [3.63, 3.8) is 0 Å². The maximum absolute atomic E-state index is 9.29. The van der Waals surface area contributed by atoms with Crippen molar-refractivity contribution < 1.29 is 5.11 Å². The summed E-state index contributed by atoms with van der Waals surface area (Å²) in [6.07, 6.45) is -0.392. The van der Waals surface area contributed by atoms with Crippen LogP contribution in [0.2, 0.25) is 0 Å². The van der Waals surface area contributed by atoms with Crippen molar-refractivity contribution in [2.45, 2.75) is 32.9 Å². The molecule has 3 heteroatoms. The molecule has 3 nitrogen and oxygen atoms in total. The molecule has 0 saturated carbocycles. The first-order valence-corrected chi connectivity index (χ1v) is 4.57. The number of nitrogens with zero attached hydrogens (tertiary/aromatic N) is 1. The van der Waals surface area contributed by atoms with Crippen LogP contribution in [0.5, 0.6) is 0 Å². The zero-order valence-corrected chi connectivity index (χ0v) is 8.62. The summed E-state index contributed by atoms with van der Waals surface area (Å²) in [5.74, 6) is 0.611. The minimum Gasteiger partial charge on any atom is -0.390 e. The lowest BCUT2D eigenvalue weighted by Gasteiger charge is -2.29. The van der Waals surface area contributed by atoms with E-state index in [0.717, 1.165) is 0 Å². The van der Waals surface area contributed by atoms with Crippen LogP contribution in [-0.4, -0.2) is 42.3 Å². The van der Waals surface area contributed by atoms with Gasteiger partial charge in [0.25, 0.3) is 0 Å². The number of hydrogen-bond acceptors (Lipinski definition) is 3. The third-order valence-electron chi connectivity index (χ3n) is 2.43. The van der Waals surface area contributed by atoms with Gasteiger partial charge in [-0.1, -0.05) is 13.8 Å². The first-order valence-electron chi connectivity index (χ1n) is 4.57. The average Bonchev–Trinajstić information content (AvgIpc) is 2.02. The van der Waals surface area contributed by atoms with Crippen LogP contribution in [0.15, 0.2) is 0 Å². The molecular weight excluding hydrogens is 152 g/mol. The summed E-state index contributed by atoms with van der Waals surface area (Å²) < 4.78 is 0. The fourth-order valence-corrected chi connectivity index (χ4v) is 1.08. The van der Waals surface area contributed by atoms with Crippen molar-refractivity contribution in [3.05, 3.63) is 0 Å². The van der Waals surface area contributed by atoms with Crippen molar-refractivity contribution >= 4 is 0 Å². The molecule has 0 radical (unpaired) electrons. The summed E-state index contributed by atoms with van der Waals surface area (Å²) in [6, 6.07) is 0.492. The molecule has 0 saturated heterocycles. The number of hydrogen-bond donors (Lipinski definition) is 2. The molecule has 0 fully saturated rings. The molecule has 0 amide bonds. The van der Waals surface area contributed by atoms with Gasteiger partial charge in [0.15, 0.2) is 0 Å². The molecule has 0 aliphatic rings. The van der Waals surface area contributed by atoms with Crippen LogP contribution in [0.25, 0.3) is 0 Å². The van der Waals surface area contributed by atoms with Crippen molar-refractivity contribution in [2.75, 3.05) is 20.1 Å². The molecule has 12 heavy (non-hydrogen) atoms. The number of rotatable bonds is 5. The molecule has 2 atom stereocenters. The molecule has 0 aromatic heterocycles. The largest absolute Gasteiger partial charge is 0.390 e. The van der Waals surface area contributed by atoms with E-state index in [1.165, 1.54) is 0 Å². The highest BCUT2D eigenvalue weighted by Crippen LogP contribution is 2.07. The summed E-state index contributed by atoms with van der Waals surface area (Å²) in [5.41, 5.74) is 5.32. The molecule has 0 bridgehead atoms. The van der Waals surface area contributed by atoms with Gasteiger partial charge in [-0.3, -0.25) is 0 Å². The smallest absolute Gasteiger partial charge is 0.0789 e. The monoisotopic (exact) mass is 174 g/mol. The molecule has 0 aliphatic heterocycles. The van der Waals surface area contributed by atoms with E-state index < -0.39 is 6.10 Å². The maximum atomic E-state index is 9.29. The molecular formula is C9H22N2O. The molecule has 0 aliphatic carbocycles. The van der Waals surface area contributed by atoms with Gasteiger partial charge in [-0.15, -0.1) is 0 Å². The molecule has 2 unspecified atom stereocenters. The van der Waals surface area contributed by atoms with E-state index in [4.69, 9.17) is 5.73 Å². The van der Waals surface area contributed by atoms with Gasteiger partial charge >= 0.3 is 0 Å². The Morgan fingerprint density at radius 3 is 2.17 bits per heavy atom. The van der Waals surface area contributed by atoms with E-state index in [-0.39, 0.29) is 0 Å². The van der Waals surface area contributed by atoms with Crippen LogP contribution in [0.4, 0.5) is 0 Å². The van der Waals surface area contributed by atoms with Gasteiger partial charge in [-0.2, -0.15) is 0 Å². The Hall–Kier alpha value is -0.120. The third kappa shape index (κ3) is 4.04. The van der Waals surface area contributed by atoms with Crippen LogP contribution in [0.1, 0.15) is 20.8 Å². The summed E-state index contributed by atoms with van der Waals surface area (Å²) in [7, 11) is 2.02. The van der Waals surface area contributed by atoms with E-state index in [1.54, 1.807) is 0 Å². The highest BCUT2D eigenvalue weighted by atomic mass is 16.3. The van der Waals surface area contributed by atoms with Crippen molar-refractivity contribution in [3.8, 4) is 0 Å². The Labute approximate surface area is 75.6 Å². The van der Waals surface area contributed by atoms with Gasteiger partial charge < -0.3 is 15.7 Å². The quantitative estimate of drug-likeness (QED) is 0.629. The second-order valence-electron chi connectivity index (χ2n) is 3.81. The van der Waals surface area contributed by atoms with Gasteiger partial charge in [0.05, 0.1) is 6.10 Å². The molecule has 0 aromatic rings. The van der Waals surface area contributed by atoms with Crippen LogP contribution in [0, 0.1) is 5.92 Å². The van der Waals surface area contributed by atoms with Crippen molar-refractivity contribution in [1.82, 2.24) is 4.90 Å². The number of likely N-dealkylation sites (N-methyl/N-ethyl adjacent to an activating group) is 1. The number of aliphatic hydroxyl groups is 1. The third-order valence-corrected chi connectivity index (χ3v) is 2.43. The first-order chi connectivity index (χ1) is 5.49. The summed E-state index contributed by atoms with van der Waals surface area (Å²) in [4.78, 5) is 2.14. The highest BCUT2D eigenvalue weighted by molar-refractivity contribution is 4.70. The van der Waals surface area contributed by atoms with Crippen molar-refractivity contribution in [2.24, 2.45) is 11.7 Å². The fourth-order valence-electron chi connectivity index (χ4n) is 1.08. The zero-order chi connectivity index (χ0) is 9.72. The standard InChI is InChI=1S/C9H22N2O/c1-7(2)8(3)11(4)6-9(12)5-10/h7-9,12H,5-6,10H2,1-4H3. The lowest BCUT2D eigenvalue weighted by atomic mass is 10.1. The summed E-state index contributed by atoms with van der Waals surface area (Å²) in [5, 5.41) is 9.29. The Balaban J connectivity index is 3.78. The SMILES string of the molecule is CC(C)C(C)N(C)CC(O)CN. The average molecular weight is 174 g/mol. The topological polar surface area (TPSA) is 49.5 Å². The van der Waals surface area contributed by atoms with Crippen LogP contribution in [0.3, 0.4) is 0 Å². The van der Waals surface area contributed by atoms with Gasteiger partial charge in [0.1, 0.15) is 0 Å². The lowest BCUT2D eigenvalue weighted by Crippen LogP contribution is -2.41. The Bertz CT molecular complexity index is 117. The summed E-state index contributed by atoms with van der Waals surface area (Å²) >= 11 is 0. The predicted octanol–water partition coefficient (Wildman–Crippen LogP) is 0.282. The van der Waals surface area contributed by atoms with Gasteiger partial charge in [-0.25, -0.2) is 0 Å². The van der Waals surface area contributed by atoms with E-state index in [0.29, 0.717) is 25.0 Å². The molecule has 0 rings (SSSR count). The molecule has 0 heterocycles. The minimum absolute atomic E-state index is 0.342. The number of nitrogens with two attached hydrogens (primary N) is 1. The maximum Gasteiger partial charge on any atom is 0.0789 e. The van der Waals surface area contributed by atoms with E-state index in [1.807, 2.05) is 7.05 Å². The molecule has 0 spiro atoms. The molecule has 74 valence electrons. The van der Waals surface area contributed by atoms with Gasteiger partial charge in [0, 0.05) is 19.1 Å². The van der Waals surface area contributed by atoms with Crippen LogP contribution >= 0.6 is 0 Å². The summed E-state index contributed by atoms with van der Waals surface area (Å²) in [6.45, 7) is 7.52. The first kappa shape index (κ1) is 11.9. The van der Waals surface area contributed by atoms with E-state index >= 15 is 0 Å². The fraction of sp³-hybridized carbons (Fsp3) is 1.00. The normalized spacial score (nSPS) is 17.0. The van der Waals surface area contributed by atoms with Crippen molar-refractivity contribution in [1.29, 1.82) is 0 Å². The van der Waals surface area contributed by atoms with Crippen LogP contribution in [-0.2, 0) is 0 Å². The second-order valence-corrected chi connectivity index (χ2v) is 3.81. The second kappa shape index (κ2) is 5.51. The Morgan fingerprint density at radius 1 is 1.33 bits per heavy atom. The highest BCUT2D eigenvalue weighted by Gasteiger charge is 2.15. The van der Waals surface area contributed by atoms with Gasteiger partial charge in [-0.05, 0) is 19.9 Å². The zero-order valence-electron chi connectivity index (χ0n) is 8.62. The van der Waals surface area contributed by atoms with E-state index in [2.05, 4.69) is 25.7 Å². The Kier molecular flexibility index (Phi) is 5.46. The Morgan fingerprint density at radius 2 is 1.83 bits per heavy atom. The predicted molar refractivity (Wildman–Crippen MR) is 52.0 cm³/mol. The van der Waals surface area contributed by atoms with E-state index in [9.17, 15) is 5.11 Å². The van der Waals surface area contributed by atoms with Gasteiger partial charge in [0.2, 0.25) is 0 Å².